The van der Waals surface area contributed by atoms with E-state index in [2.05, 4.69) is 4.72 Å². The summed E-state index contributed by atoms with van der Waals surface area (Å²) in [6.07, 6.45) is 2.95. The lowest BCUT2D eigenvalue weighted by Crippen LogP contribution is -2.55. The molecular weight excluding hydrogens is 248 g/mol. The summed E-state index contributed by atoms with van der Waals surface area (Å²) in [5.41, 5.74) is 5.44. The van der Waals surface area contributed by atoms with Crippen LogP contribution in [0.3, 0.4) is 0 Å². The van der Waals surface area contributed by atoms with Crippen LogP contribution in [0.25, 0.3) is 0 Å². The van der Waals surface area contributed by atoms with E-state index in [1.54, 1.807) is 0 Å². The van der Waals surface area contributed by atoms with E-state index in [4.69, 9.17) is 5.73 Å². The molecule has 0 bridgehead atoms. The highest BCUT2D eigenvalue weighted by molar-refractivity contribution is 7.89. The van der Waals surface area contributed by atoms with Crippen LogP contribution in [-0.2, 0) is 10.0 Å². The molecule has 0 atom stereocenters. The third kappa shape index (κ3) is 5.48. The lowest BCUT2D eigenvalue weighted by atomic mass is 9.78. The van der Waals surface area contributed by atoms with Gasteiger partial charge in [-0.3, -0.25) is 0 Å². The van der Waals surface area contributed by atoms with Gasteiger partial charge in [-0.15, -0.1) is 12.4 Å². The van der Waals surface area contributed by atoms with Gasteiger partial charge in [0.15, 0.2) is 0 Å². The van der Waals surface area contributed by atoms with Crippen molar-refractivity contribution in [1.82, 2.24) is 4.72 Å². The fraction of sp³-hybridized carbons (Fsp3) is 1.00. The standard InChI is InChI=1S/C10H22N2O2S.ClH/c1-9(2,3)8-15(13,14)12-7-10(11)5-4-6-10;/h12H,4-8,11H2,1-3H3;1H. The summed E-state index contributed by atoms with van der Waals surface area (Å²) in [5, 5.41) is 0. The molecule has 0 radical (unpaired) electrons. The summed E-state index contributed by atoms with van der Waals surface area (Å²) in [5.74, 6) is 0.149. The van der Waals surface area contributed by atoms with Crippen molar-refractivity contribution in [3.63, 3.8) is 0 Å². The van der Waals surface area contributed by atoms with Crippen molar-refractivity contribution in [3.05, 3.63) is 0 Å². The van der Waals surface area contributed by atoms with Crippen LogP contribution >= 0.6 is 12.4 Å². The van der Waals surface area contributed by atoms with Crippen LogP contribution in [0, 0.1) is 5.41 Å². The van der Waals surface area contributed by atoms with E-state index in [0.717, 1.165) is 19.3 Å². The Morgan fingerprint density at radius 1 is 1.31 bits per heavy atom. The Morgan fingerprint density at radius 2 is 1.81 bits per heavy atom. The first-order chi connectivity index (χ1) is 6.62. The molecule has 1 aliphatic carbocycles. The van der Waals surface area contributed by atoms with Crippen molar-refractivity contribution in [1.29, 1.82) is 0 Å². The third-order valence-corrected chi connectivity index (χ3v) is 4.45. The van der Waals surface area contributed by atoms with Crippen LogP contribution < -0.4 is 10.5 Å². The molecular formula is C10H23ClN2O2S. The van der Waals surface area contributed by atoms with Gasteiger partial charge in [-0.25, -0.2) is 13.1 Å². The fourth-order valence-electron chi connectivity index (χ4n) is 1.68. The lowest BCUT2D eigenvalue weighted by molar-refractivity contribution is 0.250. The summed E-state index contributed by atoms with van der Waals surface area (Å²) in [4.78, 5) is 0. The second-order valence-electron chi connectivity index (χ2n) is 5.86. The highest BCUT2D eigenvalue weighted by atomic mass is 35.5. The topological polar surface area (TPSA) is 72.2 Å². The van der Waals surface area contributed by atoms with Crippen LogP contribution in [0.15, 0.2) is 0 Å². The van der Waals surface area contributed by atoms with E-state index in [0.29, 0.717) is 6.54 Å². The van der Waals surface area contributed by atoms with E-state index >= 15 is 0 Å². The Hall–Kier alpha value is 0.160. The maximum Gasteiger partial charge on any atom is 0.212 e. The van der Waals surface area contributed by atoms with E-state index in [1.807, 2.05) is 20.8 Å². The predicted octanol–water partition coefficient (Wildman–Crippen LogP) is 1.26. The molecule has 0 aromatic heterocycles. The van der Waals surface area contributed by atoms with Crippen molar-refractivity contribution >= 4 is 22.4 Å². The zero-order valence-electron chi connectivity index (χ0n) is 10.2. The first-order valence-electron chi connectivity index (χ1n) is 5.38. The van der Waals surface area contributed by atoms with Gasteiger partial charge in [0.2, 0.25) is 10.0 Å². The average Bonchev–Trinajstić information content (AvgIpc) is 1.92. The summed E-state index contributed by atoms with van der Waals surface area (Å²) in [6.45, 7) is 6.11. The summed E-state index contributed by atoms with van der Waals surface area (Å²) in [6, 6.07) is 0. The van der Waals surface area contributed by atoms with Crippen molar-refractivity contribution in [2.24, 2.45) is 11.1 Å². The van der Waals surface area contributed by atoms with E-state index in [1.165, 1.54) is 0 Å². The number of sulfonamides is 1. The Balaban J connectivity index is 0.00000225. The molecule has 6 heteroatoms. The minimum absolute atomic E-state index is 0. The zero-order chi connectivity index (χ0) is 11.7. The van der Waals surface area contributed by atoms with Crippen molar-refractivity contribution in [2.75, 3.05) is 12.3 Å². The molecule has 4 nitrogen and oxygen atoms in total. The smallest absolute Gasteiger partial charge is 0.212 e. The molecule has 1 aliphatic rings. The normalized spacial score (nSPS) is 19.8. The SMILES string of the molecule is CC(C)(C)CS(=O)(=O)NCC1(N)CCC1.Cl. The summed E-state index contributed by atoms with van der Waals surface area (Å²) in [7, 11) is -3.18. The number of nitrogens with two attached hydrogens (primary N) is 1. The summed E-state index contributed by atoms with van der Waals surface area (Å²) < 4.78 is 25.9. The van der Waals surface area contributed by atoms with Crippen LogP contribution in [0.5, 0.6) is 0 Å². The van der Waals surface area contributed by atoms with E-state index in [9.17, 15) is 8.42 Å². The van der Waals surface area contributed by atoms with Crippen LogP contribution in [0.4, 0.5) is 0 Å². The molecule has 1 fully saturated rings. The minimum Gasteiger partial charge on any atom is -0.324 e. The van der Waals surface area contributed by atoms with E-state index in [-0.39, 0.29) is 29.1 Å². The van der Waals surface area contributed by atoms with Crippen molar-refractivity contribution in [3.8, 4) is 0 Å². The first-order valence-corrected chi connectivity index (χ1v) is 7.03. The number of rotatable bonds is 4. The lowest BCUT2D eigenvalue weighted by Gasteiger charge is -2.38. The Morgan fingerprint density at radius 3 is 2.12 bits per heavy atom. The first kappa shape index (κ1) is 16.2. The van der Waals surface area contributed by atoms with Crippen LogP contribution in [0.1, 0.15) is 40.0 Å². The molecule has 0 aliphatic heterocycles. The minimum atomic E-state index is -3.18. The van der Waals surface area contributed by atoms with E-state index < -0.39 is 10.0 Å². The fourth-order valence-corrected chi connectivity index (χ4v) is 3.43. The van der Waals surface area contributed by atoms with Gasteiger partial charge in [0.05, 0.1) is 5.75 Å². The molecule has 1 saturated carbocycles. The molecule has 0 unspecified atom stereocenters. The molecule has 0 amide bonds. The predicted molar refractivity (Wildman–Crippen MR) is 69.3 cm³/mol. The Bertz CT molecular complexity index is 318. The molecule has 0 spiro atoms. The highest BCUT2D eigenvalue weighted by Gasteiger charge is 2.34. The third-order valence-electron chi connectivity index (χ3n) is 2.62. The van der Waals surface area contributed by atoms with Gasteiger partial charge in [0, 0.05) is 12.1 Å². The van der Waals surface area contributed by atoms with Crippen molar-refractivity contribution < 1.29 is 8.42 Å². The molecule has 0 aromatic rings. The van der Waals surface area contributed by atoms with Gasteiger partial charge < -0.3 is 5.73 Å². The zero-order valence-corrected chi connectivity index (χ0v) is 11.9. The number of hydrogen-bond donors (Lipinski definition) is 2. The number of halogens is 1. The molecule has 16 heavy (non-hydrogen) atoms. The van der Waals surface area contributed by atoms with Gasteiger partial charge in [-0.1, -0.05) is 20.8 Å². The average molecular weight is 271 g/mol. The van der Waals surface area contributed by atoms with Gasteiger partial charge in [-0.05, 0) is 24.7 Å². The van der Waals surface area contributed by atoms with Gasteiger partial charge in [0.1, 0.15) is 0 Å². The van der Waals surface area contributed by atoms with Gasteiger partial charge >= 0.3 is 0 Å². The maximum atomic E-state index is 11.7. The number of hydrogen-bond acceptors (Lipinski definition) is 3. The van der Waals surface area contributed by atoms with Gasteiger partial charge in [-0.2, -0.15) is 0 Å². The van der Waals surface area contributed by atoms with Crippen LogP contribution in [0.2, 0.25) is 0 Å². The molecule has 98 valence electrons. The number of nitrogens with one attached hydrogen (secondary N) is 1. The highest BCUT2D eigenvalue weighted by Crippen LogP contribution is 2.28. The van der Waals surface area contributed by atoms with Gasteiger partial charge in [0.25, 0.3) is 0 Å². The summed E-state index contributed by atoms with van der Waals surface area (Å²) >= 11 is 0. The Labute approximate surface area is 105 Å². The second kappa shape index (κ2) is 5.21. The molecule has 3 N–H and O–H groups in total. The second-order valence-corrected chi connectivity index (χ2v) is 7.66. The molecule has 0 aromatic carbocycles. The maximum absolute atomic E-state index is 11.7. The Kier molecular flexibility index (Phi) is 5.26. The monoisotopic (exact) mass is 270 g/mol. The molecule has 0 heterocycles. The molecule has 1 rings (SSSR count). The quantitative estimate of drug-likeness (QED) is 0.808. The van der Waals surface area contributed by atoms with Crippen molar-refractivity contribution in [2.45, 2.75) is 45.6 Å². The van der Waals surface area contributed by atoms with Crippen LogP contribution in [-0.4, -0.2) is 26.3 Å². The largest absolute Gasteiger partial charge is 0.324 e. The molecule has 0 saturated heterocycles.